The average molecular weight is 529 g/mol. The highest BCUT2D eigenvalue weighted by atomic mass is 19.4. The fourth-order valence-corrected chi connectivity index (χ4v) is 3.37. The minimum atomic E-state index is -5.02. The first-order valence-electron chi connectivity index (χ1n) is 10.4. The predicted molar refractivity (Wildman–Crippen MR) is 108 cm³/mol. The quantitative estimate of drug-likeness (QED) is 0.532. The van der Waals surface area contributed by atoms with Crippen LogP contribution in [0, 0.1) is 0 Å². The highest BCUT2D eigenvalue weighted by molar-refractivity contribution is 5.76. The van der Waals surface area contributed by atoms with Gasteiger partial charge in [0, 0.05) is 51.1 Å². The minimum absolute atomic E-state index is 0.0451. The normalized spacial score (nSPS) is 15.8. The summed E-state index contributed by atoms with van der Waals surface area (Å²) in [4.78, 5) is 34.0. The predicted octanol–water partition coefficient (Wildman–Crippen LogP) is 2.77. The van der Waals surface area contributed by atoms with Crippen LogP contribution < -0.4 is 15.8 Å². The maximum Gasteiger partial charge on any atom is 0.421 e. The van der Waals surface area contributed by atoms with Crippen molar-refractivity contribution in [2.75, 3.05) is 36.4 Å². The van der Waals surface area contributed by atoms with Gasteiger partial charge >= 0.3 is 12.4 Å². The molecule has 0 bridgehead atoms. The van der Waals surface area contributed by atoms with Crippen molar-refractivity contribution in [2.45, 2.75) is 37.7 Å². The van der Waals surface area contributed by atoms with Crippen LogP contribution in [0.1, 0.15) is 24.0 Å². The zero-order valence-corrected chi connectivity index (χ0v) is 18.2. The summed E-state index contributed by atoms with van der Waals surface area (Å²) in [6, 6.07) is -1.42. The summed E-state index contributed by atoms with van der Waals surface area (Å²) < 4.78 is 103. The van der Waals surface area contributed by atoms with E-state index in [0.29, 0.717) is 18.5 Å². The highest BCUT2D eigenvalue weighted by Crippen LogP contribution is 2.29. The van der Waals surface area contributed by atoms with Gasteiger partial charge in [0.2, 0.25) is 11.9 Å². The molecular formula is C19H19F8N7O2. The van der Waals surface area contributed by atoms with Crippen molar-refractivity contribution in [3.63, 3.8) is 0 Å². The number of amides is 1. The summed E-state index contributed by atoms with van der Waals surface area (Å²) in [6.07, 6.45) is -12.2. The molecule has 3 rings (SSSR count). The second kappa shape index (κ2) is 10.6. The third-order valence-electron chi connectivity index (χ3n) is 5.30. The van der Waals surface area contributed by atoms with Crippen molar-refractivity contribution in [3.8, 4) is 0 Å². The summed E-state index contributed by atoms with van der Waals surface area (Å²) in [5, 5.41) is 6.99. The lowest BCUT2D eigenvalue weighted by Gasteiger charge is -2.35. The number of hydrogen-bond acceptors (Lipinski definition) is 7. The molecule has 1 atom stereocenters. The zero-order valence-electron chi connectivity index (χ0n) is 18.2. The van der Waals surface area contributed by atoms with Crippen molar-refractivity contribution < 1.29 is 39.9 Å². The standard InChI is InChI=1S/C19H19F8N7O2/c20-15(21)12(30-13-7-11(19(25,26)27)16(36)32-31-13)1-2-14(35)33-3-5-34(6-4-33)17-28-8-10(9-29-17)18(22,23)24/h7-9,12,15H,1-6H2,(H,30,31)(H,32,36). The van der Waals surface area contributed by atoms with Gasteiger partial charge in [0.1, 0.15) is 11.4 Å². The van der Waals surface area contributed by atoms with Gasteiger partial charge in [-0.3, -0.25) is 9.59 Å². The SMILES string of the molecule is O=C(CCC(Nc1cc(C(F)(F)F)c(=O)[nH]n1)C(F)F)N1CCN(c2ncc(C(F)(F)F)cn2)CC1. The molecule has 2 aromatic heterocycles. The molecule has 36 heavy (non-hydrogen) atoms. The molecule has 9 nitrogen and oxygen atoms in total. The van der Waals surface area contributed by atoms with Crippen molar-refractivity contribution in [1.82, 2.24) is 25.1 Å². The van der Waals surface area contributed by atoms with Gasteiger partial charge in [-0.15, -0.1) is 0 Å². The third kappa shape index (κ3) is 6.78. The number of hydrogen-bond donors (Lipinski definition) is 2. The van der Waals surface area contributed by atoms with E-state index in [1.165, 1.54) is 4.90 Å². The lowest BCUT2D eigenvalue weighted by atomic mass is 10.1. The van der Waals surface area contributed by atoms with E-state index < -0.39 is 59.7 Å². The molecular weight excluding hydrogens is 510 g/mol. The van der Waals surface area contributed by atoms with Gasteiger partial charge in [-0.1, -0.05) is 0 Å². The number of nitrogens with zero attached hydrogens (tertiary/aromatic N) is 5. The first-order valence-corrected chi connectivity index (χ1v) is 10.4. The number of aromatic nitrogens is 4. The van der Waals surface area contributed by atoms with Crippen molar-refractivity contribution in [2.24, 2.45) is 0 Å². The summed E-state index contributed by atoms with van der Waals surface area (Å²) in [5.74, 6) is -1.09. The summed E-state index contributed by atoms with van der Waals surface area (Å²) in [7, 11) is 0. The van der Waals surface area contributed by atoms with Crippen LogP contribution >= 0.6 is 0 Å². The third-order valence-corrected chi connectivity index (χ3v) is 5.30. The molecule has 1 aliphatic heterocycles. The largest absolute Gasteiger partial charge is 0.421 e. The van der Waals surface area contributed by atoms with E-state index in [-0.39, 0.29) is 38.5 Å². The van der Waals surface area contributed by atoms with Crippen LogP contribution in [-0.4, -0.2) is 69.6 Å². The van der Waals surface area contributed by atoms with Gasteiger partial charge in [0.15, 0.2) is 0 Å². The van der Waals surface area contributed by atoms with E-state index in [1.54, 1.807) is 10.00 Å². The van der Waals surface area contributed by atoms with Gasteiger partial charge in [-0.05, 0) is 6.42 Å². The van der Waals surface area contributed by atoms with Gasteiger partial charge in [0.05, 0.1) is 11.6 Å². The van der Waals surface area contributed by atoms with Gasteiger partial charge in [-0.25, -0.2) is 23.8 Å². The van der Waals surface area contributed by atoms with Crippen LogP contribution in [0.15, 0.2) is 23.3 Å². The molecule has 17 heteroatoms. The molecule has 2 N–H and O–H groups in total. The van der Waals surface area contributed by atoms with Crippen LogP contribution in [0.4, 0.5) is 46.9 Å². The number of nitrogens with one attached hydrogen (secondary N) is 2. The van der Waals surface area contributed by atoms with Crippen LogP contribution in [-0.2, 0) is 17.1 Å². The lowest BCUT2D eigenvalue weighted by molar-refractivity contribution is -0.139. The Kier molecular flexibility index (Phi) is 7.98. The van der Waals surface area contributed by atoms with E-state index in [2.05, 4.69) is 20.4 Å². The van der Waals surface area contributed by atoms with E-state index >= 15 is 0 Å². The van der Waals surface area contributed by atoms with Gasteiger partial charge in [0.25, 0.3) is 12.0 Å². The van der Waals surface area contributed by atoms with E-state index in [4.69, 9.17) is 0 Å². The number of alkyl halides is 8. The van der Waals surface area contributed by atoms with E-state index in [9.17, 15) is 44.7 Å². The molecule has 0 radical (unpaired) electrons. The molecule has 0 saturated carbocycles. The first kappa shape index (κ1) is 27.1. The van der Waals surface area contributed by atoms with Crippen LogP contribution in [0.3, 0.4) is 0 Å². The highest BCUT2D eigenvalue weighted by Gasteiger charge is 2.35. The Bertz CT molecular complexity index is 1100. The molecule has 3 heterocycles. The van der Waals surface area contributed by atoms with Crippen molar-refractivity contribution in [3.05, 3.63) is 39.9 Å². The number of aromatic amines is 1. The number of piperazine rings is 1. The van der Waals surface area contributed by atoms with Crippen molar-refractivity contribution in [1.29, 1.82) is 0 Å². The Morgan fingerprint density at radius 2 is 1.64 bits per heavy atom. The van der Waals surface area contributed by atoms with Gasteiger partial charge < -0.3 is 15.1 Å². The molecule has 1 aliphatic rings. The maximum absolute atomic E-state index is 13.4. The van der Waals surface area contributed by atoms with E-state index in [0.717, 1.165) is 0 Å². The van der Waals surface area contributed by atoms with Crippen molar-refractivity contribution >= 4 is 17.7 Å². The fourth-order valence-electron chi connectivity index (χ4n) is 3.37. The zero-order chi connectivity index (χ0) is 26.7. The second-order valence-electron chi connectivity index (χ2n) is 7.76. The lowest BCUT2D eigenvalue weighted by Crippen LogP contribution is -2.49. The number of carbonyl (C=O) groups is 1. The average Bonchev–Trinajstić information content (AvgIpc) is 2.81. The molecule has 198 valence electrons. The van der Waals surface area contributed by atoms with E-state index in [1.807, 2.05) is 0 Å². The first-order chi connectivity index (χ1) is 16.8. The number of carbonyl (C=O) groups excluding carboxylic acids is 1. The maximum atomic E-state index is 13.4. The van der Waals surface area contributed by atoms with Crippen LogP contribution in [0.5, 0.6) is 0 Å². The monoisotopic (exact) mass is 529 g/mol. The molecule has 1 fully saturated rings. The molecule has 1 unspecified atom stereocenters. The number of halogens is 8. The Morgan fingerprint density at radius 3 is 2.17 bits per heavy atom. The Balaban J connectivity index is 1.54. The van der Waals surface area contributed by atoms with Crippen LogP contribution in [0.2, 0.25) is 0 Å². The molecule has 0 aromatic carbocycles. The second-order valence-corrected chi connectivity index (χ2v) is 7.76. The number of rotatable bonds is 7. The number of anilines is 2. The Labute approximate surface area is 197 Å². The molecule has 0 spiro atoms. The molecule has 1 saturated heterocycles. The molecule has 2 aromatic rings. The summed E-state index contributed by atoms with van der Waals surface area (Å²) >= 11 is 0. The molecule has 0 aliphatic carbocycles. The van der Waals surface area contributed by atoms with Gasteiger partial charge in [-0.2, -0.15) is 31.4 Å². The Hall–Kier alpha value is -3.53. The summed E-state index contributed by atoms with van der Waals surface area (Å²) in [6.45, 7) is 0.642. The fraction of sp³-hybridized carbons (Fsp3) is 0.526. The minimum Gasteiger partial charge on any atom is -0.360 e. The summed E-state index contributed by atoms with van der Waals surface area (Å²) in [5.41, 5.74) is -4.15. The Morgan fingerprint density at radius 1 is 1.03 bits per heavy atom. The molecule has 1 amide bonds. The smallest absolute Gasteiger partial charge is 0.360 e. The van der Waals surface area contributed by atoms with Crippen LogP contribution in [0.25, 0.3) is 0 Å². The number of H-pyrrole nitrogens is 1. The topological polar surface area (TPSA) is 107 Å².